The summed E-state index contributed by atoms with van der Waals surface area (Å²) in [6.45, 7) is 0.303. The Morgan fingerprint density at radius 3 is 2.58 bits per heavy atom. The highest BCUT2D eigenvalue weighted by Gasteiger charge is 2.26. The molecule has 3 aromatic carbocycles. The van der Waals surface area contributed by atoms with Crippen LogP contribution >= 0.6 is 50.7 Å². The van der Waals surface area contributed by atoms with E-state index in [2.05, 4.69) is 20.9 Å². The van der Waals surface area contributed by atoms with Gasteiger partial charge in [-0.2, -0.15) is 0 Å². The number of hydrogen-bond acceptors (Lipinski definition) is 5. The fourth-order valence-electron chi connectivity index (χ4n) is 3.09. The molecule has 0 saturated carbocycles. The Morgan fingerprint density at radius 1 is 1.06 bits per heavy atom. The van der Waals surface area contributed by atoms with Gasteiger partial charge in [-0.1, -0.05) is 46.9 Å². The Labute approximate surface area is 213 Å². The second-order valence-electron chi connectivity index (χ2n) is 6.91. The van der Waals surface area contributed by atoms with Gasteiger partial charge in [-0.05, 0) is 75.6 Å². The van der Waals surface area contributed by atoms with Crippen LogP contribution in [0.5, 0.6) is 11.5 Å². The van der Waals surface area contributed by atoms with Crippen LogP contribution in [0.25, 0.3) is 6.08 Å². The van der Waals surface area contributed by atoms with Gasteiger partial charge in [-0.3, -0.25) is 0 Å². The Balaban J connectivity index is 1.60. The van der Waals surface area contributed by atoms with E-state index in [0.717, 1.165) is 5.56 Å². The number of ether oxygens (including phenoxy) is 3. The minimum Gasteiger partial charge on any atom is -0.493 e. The zero-order valence-corrected chi connectivity index (χ0v) is 20.9. The summed E-state index contributed by atoms with van der Waals surface area (Å²) in [6, 6.07) is 15.8. The Morgan fingerprint density at radius 2 is 1.85 bits per heavy atom. The maximum Gasteiger partial charge on any atom is 0.363 e. The van der Waals surface area contributed by atoms with E-state index in [1.54, 1.807) is 42.5 Å². The average molecular weight is 568 g/mol. The lowest BCUT2D eigenvalue weighted by Gasteiger charge is -2.14. The van der Waals surface area contributed by atoms with Gasteiger partial charge >= 0.3 is 5.97 Å². The molecular weight excluding hydrogens is 553 g/mol. The topological polar surface area (TPSA) is 57.1 Å². The van der Waals surface area contributed by atoms with Crippen molar-refractivity contribution in [2.24, 2.45) is 4.99 Å². The van der Waals surface area contributed by atoms with E-state index in [4.69, 9.17) is 49.0 Å². The number of hydrogen-bond donors (Lipinski definition) is 0. The summed E-state index contributed by atoms with van der Waals surface area (Å²) in [5.41, 5.74) is 2.17. The number of aliphatic imine (C=N–C) groups is 1. The minimum absolute atomic E-state index is 0.112. The van der Waals surface area contributed by atoms with Gasteiger partial charge in [0.25, 0.3) is 0 Å². The zero-order valence-electron chi connectivity index (χ0n) is 17.1. The fraction of sp³-hybridized carbons (Fsp3) is 0.0833. The van der Waals surface area contributed by atoms with Crippen LogP contribution in [0.15, 0.2) is 69.8 Å². The van der Waals surface area contributed by atoms with Crippen LogP contribution in [0.4, 0.5) is 0 Å². The van der Waals surface area contributed by atoms with Gasteiger partial charge in [0.1, 0.15) is 6.61 Å². The van der Waals surface area contributed by atoms with Crippen LogP contribution in [0.2, 0.25) is 15.1 Å². The van der Waals surface area contributed by atoms with Gasteiger partial charge in [0.2, 0.25) is 5.90 Å². The van der Waals surface area contributed by atoms with Crippen LogP contribution in [0.3, 0.4) is 0 Å². The highest BCUT2D eigenvalue weighted by molar-refractivity contribution is 9.10. The SMILES string of the molecule is COc1cc(/C=C2\N=C(c3ccc(Cl)cc3Cl)OC2=O)cc(Br)c1OCc1cccc(Cl)c1. The molecule has 1 heterocycles. The predicted molar refractivity (Wildman–Crippen MR) is 134 cm³/mol. The quantitative estimate of drug-likeness (QED) is 0.231. The van der Waals surface area contributed by atoms with Gasteiger partial charge in [0.05, 0.1) is 22.2 Å². The summed E-state index contributed by atoms with van der Waals surface area (Å²) in [7, 11) is 1.54. The van der Waals surface area contributed by atoms with Crippen molar-refractivity contribution in [3.8, 4) is 11.5 Å². The van der Waals surface area contributed by atoms with E-state index >= 15 is 0 Å². The Hall–Kier alpha value is -2.51. The molecule has 168 valence electrons. The predicted octanol–water partition coefficient (Wildman–Crippen LogP) is 7.34. The molecule has 1 aliphatic heterocycles. The van der Waals surface area contributed by atoms with Crippen LogP contribution in [-0.2, 0) is 16.1 Å². The van der Waals surface area contributed by atoms with Gasteiger partial charge in [0, 0.05) is 10.0 Å². The summed E-state index contributed by atoms with van der Waals surface area (Å²) in [5, 5.41) is 1.44. The second kappa shape index (κ2) is 10.2. The number of carbonyl (C=O) groups excluding carboxylic acids is 1. The van der Waals surface area contributed by atoms with Crippen molar-refractivity contribution in [3.05, 3.63) is 96.5 Å². The highest BCUT2D eigenvalue weighted by Crippen LogP contribution is 2.38. The smallest absolute Gasteiger partial charge is 0.363 e. The molecule has 0 radical (unpaired) electrons. The fourth-order valence-corrected chi connectivity index (χ4v) is 4.37. The standard InChI is InChI=1S/C24H15BrCl3NO4/c1-31-21-10-14(8-18(25)22(21)32-12-13-3-2-4-15(26)7-13)9-20-24(30)33-23(29-20)17-6-5-16(27)11-19(17)28/h2-11H,12H2,1H3/b20-9-. The summed E-state index contributed by atoms with van der Waals surface area (Å²) < 4.78 is 17.4. The number of cyclic esters (lactones) is 1. The number of nitrogens with zero attached hydrogens (tertiary/aromatic N) is 1. The summed E-state index contributed by atoms with van der Waals surface area (Å²) >= 11 is 21.7. The van der Waals surface area contributed by atoms with E-state index < -0.39 is 5.97 Å². The van der Waals surface area contributed by atoms with Gasteiger partial charge < -0.3 is 14.2 Å². The highest BCUT2D eigenvalue weighted by atomic mass is 79.9. The van der Waals surface area contributed by atoms with E-state index in [0.29, 0.717) is 48.8 Å². The van der Waals surface area contributed by atoms with Gasteiger partial charge in [-0.25, -0.2) is 9.79 Å². The summed E-state index contributed by atoms with van der Waals surface area (Å²) in [4.78, 5) is 16.7. The number of benzene rings is 3. The molecule has 1 aliphatic rings. The monoisotopic (exact) mass is 565 g/mol. The van der Waals surface area contributed by atoms with Crippen molar-refractivity contribution < 1.29 is 19.0 Å². The molecule has 0 unspecified atom stereocenters. The molecule has 4 rings (SSSR count). The molecule has 0 atom stereocenters. The van der Waals surface area contributed by atoms with Crippen LogP contribution in [-0.4, -0.2) is 19.0 Å². The first-order valence-corrected chi connectivity index (χ1v) is 11.5. The Kier molecular flexibility index (Phi) is 7.29. The minimum atomic E-state index is -0.590. The zero-order chi connectivity index (χ0) is 23.5. The molecule has 9 heteroatoms. The molecule has 0 N–H and O–H groups in total. The molecule has 0 bridgehead atoms. The molecule has 0 amide bonds. The van der Waals surface area contributed by atoms with Crippen molar-refractivity contribution >= 4 is 68.7 Å². The Bertz CT molecular complexity index is 1310. The third kappa shape index (κ3) is 5.53. The van der Waals surface area contributed by atoms with Crippen molar-refractivity contribution in [3.63, 3.8) is 0 Å². The van der Waals surface area contributed by atoms with Crippen molar-refractivity contribution in [1.29, 1.82) is 0 Å². The molecule has 0 aromatic heterocycles. The molecule has 3 aromatic rings. The van der Waals surface area contributed by atoms with Crippen LogP contribution in [0.1, 0.15) is 16.7 Å². The lowest BCUT2D eigenvalue weighted by atomic mass is 10.1. The normalized spacial score (nSPS) is 14.3. The molecule has 0 spiro atoms. The van der Waals surface area contributed by atoms with Crippen LogP contribution in [0, 0.1) is 0 Å². The van der Waals surface area contributed by atoms with Crippen molar-refractivity contribution in [1.82, 2.24) is 0 Å². The first kappa shape index (κ1) is 23.6. The molecular formula is C24H15BrCl3NO4. The maximum atomic E-state index is 12.4. The molecule has 0 fully saturated rings. The van der Waals surface area contributed by atoms with E-state index in [1.165, 1.54) is 7.11 Å². The number of esters is 1. The van der Waals surface area contributed by atoms with Crippen LogP contribution < -0.4 is 9.47 Å². The summed E-state index contributed by atoms with van der Waals surface area (Å²) in [5.74, 6) is 0.521. The lowest BCUT2D eigenvalue weighted by Crippen LogP contribution is -2.05. The van der Waals surface area contributed by atoms with Crippen molar-refractivity contribution in [2.45, 2.75) is 6.61 Å². The largest absolute Gasteiger partial charge is 0.493 e. The average Bonchev–Trinajstić information content (AvgIpc) is 3.12. The molecule has 5 nitrogen and oxygen atoms in total. The first-order chi connectivity index (χ1) is 15.8. The van der Waals surface area contributed by atoms with E-state index in [1.807, 2.05) is 18.2 Å². The third-order valence-corrected chi connectivity index (χ3v) is 5.98. The van der Waals surface area contributed by atoms with Gasteiger partial charge in [0.15, 0.2) is 17.2 Å². The number of methoxy groups -OCH3 is 1. The molecule has 0 aliphatic carbocycles. The van der Waals surface area contributed by atoms with E-state index in [9.17, 15) is 4.79 Å². The van der Waals surface area contributed by atoms with Gasteiger partial charge in [-0.15, -0.1) is 0 Å². The summed E-state index contributed by atoms with van der Waals surface area (Å²) in [6.07, 6.45) is 1.59. The second-order valence-corrected chi connectivity index (χ2v) is 9.05. The molecule has 0 saturated heterocycles. The number of halogens is 4. The number of carbonyl (C=O) groups is 1. The molecule has 33 heavy (non-hydrogen) atoms. The first-order valence-electron chi connectivity index (χ1n) is 9.57. The third-order valence-electron chi connectivity index (χ3n) is 4.61. The maximum absolute atomic E-state index is 12.4. The van der Waals surface area contributed by atoms with E-state index in [-0.39, 0.29) is 11.6 Å². The lowest BCUT2D eigenvalue weighted by molar-refractivity contribution is -0.129. The number of rotatable bonds is 6. The van der Waals surface area contributed by atoms with Crippen molar-refractivity contribution in [2.75, 3.05) is 7.11 Å².